The van der Waals surface area contributed by atoms with Crippen LogP contribution >= 0.6 is 11.8 Å². The number of ether oxygens (including phenoxy) is 1. The van der Waals surface area contributed by atoms with Crippen molar-refractivity contribution in [2.24, 2.45) is 10.7 Å². The molecule has 0 fully saturated rings. The molecule has 0 bridgehead atoms. The van der Waals surface area contributed by atoms with Gasteiger partial charge in [-0.1, -0.05) is 11.8 Å². The molecule has 0 amide bonds. The fourth-order valence-corrected chi connectivity index (χ4v) is 2.08. The molecule has 1 aromatic carbocycles. The fourth-order valence-electron chi connectivity index (χ4n) is 1.42. The zero-order valence-electron chi connectivity index (χ0n) is 10.9. The van der Waals surface area contributed by atoms with E-state index in [2.05, 4.69) is 4.99 Å². The Bertz CT molecular complexity index is 458. The summed E-state index contributed by atoms with van der Waals surface area (Å²) in [6.45, 7) is 4.07. The lowest BCUT2D eigenvalue weighted by Gasteiger charge is -2.11. The number of rotatable bonds is 5. The Hall–Kier alpha value is -1.49. The highest BCUT2D eigenvalue weighted by atomic mass is 32.2. The van der Waals surface area contributed by atoms with Crippen LogP contribution in [0.25, 0.3) is 0 Å². The molecular weight excluding hydrogens is 248 g/mol. The summed E-state index contributed by atoms with van der Waals surface area (Å²) in [5.41, 5.74) is 7.29. The molecule has 4 nitrogen and oxygen atoms in total. The number of carbonyl (C=O) groups excluding carboxylic acids is 1. The van der Waals surface area contributed by atoms with Gasteiger partial charge in [-0.2, -0.15) is 0 Å². The van der Waals surface area contributed by atoms with Gasteiger partial charge in [0, 0.05) is 23.9 Å². The second-order valence-electron chi connectivity index (χ2n) is 3.66. The van der Waals surface area contributed by atoms with Gasteiger partial charge in [0.15, 0.2) is 11.0 Å². The van der Waals surface area contributed by atoms with E-state index in [9.17, 15) is 4.79 Å². The quantitative estimate of drug-likeness (QED) is 0.505. The number of Topliss-reactive ketones (excluding diaryl/α,β-unsaturated/α-hetero) is 1. The van der Waals surface area contributed by atoms with Crippen LogP contribution in [0.1, 0.15) is 29.8 Å². The van der Waals surface area contributed by atoms with Gasteiger partial charge in [-0.3, -0.25) is 9.79 Å². The van der Waals surface area contributed by atoms with E-state index in [-0.39, 0.29) is 5.78 Å². The van der Waals surface area contributed by atoms with Gasteiger partial charge in [-0.15, -0.1) is 0 Å². The lowest BCUT2D eigenvalue weighted by molar-refractivity contribution is 0.101. The molecule has 5 heteroatoms. The summed E-state index contributed by atoms with van der Waals surface area (Å²) >= 11 is 1.43. The average Bonchev–Trinajstić information content (AvgIpc) is 2.37. The van der Waals surface area contributed by atoms with Crippen molar-refractivity contribution in [3.05, 3.63) is 29.3 Å². The topological polar surface area (TPSA) is 64.7 Å². The highest BCUT2D eigenvalue weighted by Crippen LogP contribution is 2.25. The van der Waals surface area contributed by atoms with E-state index in [4.69, 9.17) is 10.5 Å². The van der Waals surface area contributed by atoms with Crippen molar-refractivity contribution < 1.29 is 9.53 Å². The zero-order valence-corrected chi connectivity index (χ0v) is 11.7. The van der Waals surface area contributed by atoms with Gasteiger partial charge >= 0.3 is 0 Å². The summed E-state index contributed by atoms with van der Waals surface area (Å²) in [6.07, 6.45) is 0. The summed E-state index contributed by atoms with van der Waals surface area (Å²) in [6, 6.07) is 5.46. The van der Waals surface area contributed by atoms with Gasteiger partial charge in [0.25, 0.3) is 0 Å². The second-order valence-corrected chi connectivity index (χ2v) is 4.66. The summed E-state index contributed by atoms with van der Waals surface area (Å²) in [7, 11) is 1.65. The maximum Gasteiger partial charge on any atom is 0.159 e. The molecular formula is C13H18N2O2S. The molecule has 0 saturated heterocycles. The van der Waals surface area contributed by atoms with E-state index in [1.807, 2.05) is 19.1 Å². The van der Waals surface area contributed by atoms with Gasteiger partial charge in [-0.25, -0.2) is 0 Å². The highest BCUT2D eigenvalue weighted by Gasteiger charge is 2.08. The molecule has 2 N–H and O–H groups in total. The van der Waals surface area contributed by atoms with E-state index < -0.39 is 0 Å². The normalized spacial score (nSPS) is 11.4. The average molecular weight is 266 g/mol. The molecule has 0 aliphatic carbocycles. The zero-order chi connectivity index (χ0) is 13.5. The predicted molar refractivity (Wildman–Crippen MR) is 76.5 cm³/mol. The van der Waals surface area contributed by atoms with Crippen molar-refractivity contribution in [3.63, 3.8) is 0 Å². The van der Waals surface area contributed by atoms with E-state index >= 15 is 0 Å². The molecule has 0 radical (unpaired) electrons. The van der Waals surface area contributed by atoms with Crippen LogP contribution in [-0.2, 0) is 5.75 Å². The van der Waals surface area contributed by atoms with Crippen LogP contribution in [0.5, 0.6) is 5.75 Å². The number of aliphatic imine (C=N–C) groups is 1. The third kappa shape index (κ3) is 4.07. The fraction of sp³-hybridized carbons (Fsp3) is 0.385. The first-order valence-corrected chi connectivity index (χ1v) is 6.68. The van der Waals surface area contributed by atoms with Gasteiger partial charge in [0.05, 0.1) is 6.61 Å². The third-order valence-electron chi connectivity index (χ3n) is 2.36. The number of amidine groups is 1. The first-order valence-electron chi connectivity index (χ1n) is 5.70. The third-order valence-corrected chi connectivity index (χ3v) is 3.30. The molecule has 98 valence electrons. The lowest BCUT2D eigenvalue weighted by atomic mass is 10.1. The molecule has 0 saturated carbocycles. The number of hydrogen-bond donors (Lipinski definition) is 1. The number of hydrogen-bond acceptors (Lipinski definition) is 4. The molecule has 0 aliphatic rings. The van der Waals surface area contributed by atoms with Gasteiger partial charge in [0.1, 0.15) is 5.75 Å². The van der Waals surface area contributed by atoms with Crippen LogP contribution < -0.4 is 10.5 Å². The van der Waals surface area contributed by atoms with Crippen molar-refractivity contribution in [3.8, 4) is 5.75 Å². The van der Waals surface area contributed by atoms with Crippen LogP contribution in [0.4, 0.5) is 0 Å². The largest absolute Gasteiger partial charge is 0.494 e. The molecule has 0 aliphatic heterocycles. The van der Waals surface area contributed by atoms with Crippen molar-refractivity contribution in [1.29, 1.82) is 0 Å². The van der Waals surface area contributed by atoms with Crippen molar-refractivity contribution in [2.45, 2.75) is 19.6 Å². The molecule has 0 heterocycles. The molecule has 0 atom stereocenters. The number of ketones is 1. The second kappa shape index (κ2) is 7.06. The Kier molecular flexibility index (Phi) is 5.71. The monoisotopic (exact) mass is 266 g/mol. The molecule has 0 spiro atoms. The van der Waals surface area contributed by atoms with Crippen LogP contribution in [0.15, 0.2) is 23.2 Å². The van der Waals surface area contributed by atoms with Gasteiger partial charge < -0.3 is 10.5 Å². The Morgan fingerprint density at radius 3 is 2.78 bits per heavy atom. The lowest BCUT2D eigenvalue weighted by Crippen LogP contribution is -2.07. The van der Waals surface area contributed by atoms with E-state index in [0.717, 1.165) is 11.3 Å². The Morgan fingerprint density at radius 1 is 1.50 bits per heavy atom. The number of nitrogens with two attached hydrogens (primary N) is 1. The van der Waals surface area contributed by atoms with Gasteiger partial charge in [0.2, 0.25) is 0 Å². The molecule has 0 aromatic heterocycles. The highest BCUT2D eigenvalue weighted by molar-refractivity contribution is 8.13. The summed E-state index contributed by atoms with van der Waals surface area (Å²) in [4.78, 5) is 15.3. The Labute approximate surface area is 112 Å². The smallest absolute Gasteiger partial charge is 0.159 e. The molecule has 0 unspecified atom stereocenters. The standard InChI is InChI=1S/C13H18N2O2S/c1-4-17-12-6-5-10(9(2)16)7-11(12)8-18-13(14)15-3/h5-7H,4,8H2,1-3H3,(H2,14,15). The molecule has 18 heavy (non-hydrogen) atoms. The van der Waals surface area contributed by atoms with Crippen molar-refractivity contribution >= 4 is 22.7 Å². The maximum atomic E-state index is 11.4. The Morgan fingerprint density at radius 2 is 2.22 bits per heavy atom. The van der Waals surface area contributed by atoms with E-state index in [1.165, 1.54) is 11.8 Å². The van der Waals surface area contributed by atoms with Crippen molar-refractivity contribution in [2.75, 3.05) is 13.7 Å². The van der Waals surface area contributed by atoms with Crippen LogP contribution in [0, 0.1) is 0 Å². The van der Waals surface area contributed by atoms with E-state index in [1.54, 1.807) is 20.0 Å². The maximum absolute atomic E-state index is 11.4. The number of nitrogens with zero attached hydrogens (tertiary/aromatic N) is 1. The first kappa shape index (κ1) is 14.6. The Balaban J connectivity index is 2.95. The molecule has 1 rings (SSSR count). The summed E-state index contributed by atoms with van der Waals surface area (Å²) < 4.78 is 5.53. The number of carbonyl (C=O) groups is 1. The van der Waals surface area contributed by atoms with Crippen LogP contribution in [0.2, 0.25) is 0 Å². The van der Waals surface area contributed by atoms with Gasteiger partial charge in [-0.05, 0) is 32.0 Å². The number of thioether (sulfide) groups is 1. The van der Waals surface area contributed by atoms with Crippen LogP contribution in [0.3, 0.4) is 0 Å². The van der Waals surface area contributed by atoms with E-state index in [0.29, 0.717) is 23.1 Å². The SMILES string of the molecule is CCOc1ccc(C(C)=O)cc1CSC(N)=NC. The summed E-state index contributed by atoms with van der Waals surface area (Å²) in [5.74, 6) is 1.47. The molecule has 1 aromatic rings. The first-order chi connectivity index (χ1) is 8.58. The minimum atomic E-state index is 0.0430. The van der Waals surface area contributed by atoms with Crippen molar-refractivity contribution in [1.82, 2.24) is 0 Å². The van der Waals surface area contributed by atoms with Crippen LogP contribution in [-0.4, -0.2) is 24.6 Å². The summed E-state index contributed by atoms with van der Waals surface area (Å²) in [5, 5.41) is 0.519. The predicted octanol–water partition coefficient (Wildman–Crippen LogP) is 2.47. The minimum Gasteiger partial charge on any atom is -0.494 e. The minimum absolute atomic E-state index is 0.0430. The number of benzene rings is 1.